The molecular weight excluding hydrogens is 683 g/mol. The van der Waals surface area contributed by atoms with E-state index in [1.54, 1.807) is 6.07 Å². The van der Waals surface area contributed by atoms with Gasteiger partial charge in [-0.05, 0) is 104 Å². The first kappa shape index (κ1) is 36.9. The van der Waals surface area contributed by atoms with E-state index in [1.165, 1.54) is 22.1 Å². The van der Waals surface area contributed by atoms with Gasteiger partial charge in [0.25, 0.3) is 0 Å². The average molecular weight is 734 g/mol. The predicted molar refractivity (Wildman–Crippen MR) is 236 cm³/mol. The Labute approximate surface area is 331 Å². The van der Waals surface area contributed by atoms with Crippen molar-refractivity contribution in [3.8, 4) is 56.2 Å². The fraction of sp³-hybridized carbons (Fsp3) is 0.231. The molecule has 0 atom stereocenters. The van der Waals surface area contributed by atoms with Crippen molar-refractivity contribution in [3.05, 3.63) is 156 Å². The Kier molecular flexibility index (Phi) is 9.00. The molecule has 8 aromatic rings. The molecule has 8 rings (SSSR count). The number of phenolic OH excluding ortho intramolecular Hbond substituents is 1. The highest BCUT2D eigenvalue weighted by molar-refractivity contribution is 5.99. The second-order valence-electron chi connectivity index (χ2n) is 18.2. The highest BCUT2D eigenvalue weighted by Gasteiger charge is 2.24. The third-order valence-corrected chi connectivity index (χ3v) is 11.0. The SMILES string of the molecule is CC(C)(C)c1ccc(-n2c(-c3cccc(-c4cc(C(C)(C)C)cc5c(C(C)(C)C)ccnc45)c3)nc3c(-c4cc(-c5ccccc5)ccc4O)cccc32)cc1. The molecule has 1 N–H and O–H groups in total. The summed E-state index contributed by atoms with van der Waals surface area (Å²) in [6.45, 7) is 20.4. The lowest BCUT2D eigenvalue weighted by atomic mass is 9.80. The Morgan fingerprint density at radius 1 is 0.482 bits per heavy atom. The Balaban J connectivity index is 1.38. The quantitative estimate of drug-likeness (QED) is 0.192. The number of fused-ring (bicyclic) bond motifs is 2. The summed E-state index contributed by atoms with van der Waals surface area (Å²) in [5, 5.41) is 12.6. The Bertz CT molecular complexity index is 2730. The minimum Gasteiger partial charge on any atom is -0.507 e. The van der Waals surface area contributed by atoms with Gasteiger partial charge in [-0.2, -0.15) is 0 Å². The maximum atomic E-state index is 11.4. The summed E-state index contributed by atoms with van der Waals surface area (Å²) in [4.78, 5) is 10.5. The standard InChI is InChI=1S/C52H51N3O/c1-50(2,3)37-22-24-39(25-23-37)55-45-20-14-19-40(42-30-34(21-26-46(42)56)33-15-11-10-12-16-33)48(45)54-49(55)36-18-13-17-35(29-36)41-31-38(51(4,5)6)32-43-44(52(7,8)9)27-28-53-47(41)43/h10-32,56H,1-9H3. The summed E-state index contributed by atoms with van der Waals surface area (Å²) in [5.74, 6) is 1.05. The van der Waals surface area contributed by atoms with Crippen molar-refractivity contribution in [3.63, 3.8) is 0 Å². The van der Waals surface area contributed by atoms with Gasteiger partial charge < -0.3 is 5.11 Å². The molecule has 0 amide bonds. The van der Waals surface area contributed by atoms with Crippen LogP contribution in [0, 0.1) is 0 Å². The van der Waals surface area contributed by atoms with E-state index in [9.17, 15) is 5.11 Å². The summed E-state index contributed by atoms with van der Waals surface area (Å²) in [6.07, 6.45) is 1.96. The third-order valence-electron chi connectivity index (χ3n) is 11.0. The van der Waals surface area contributed by atoms with Gasteiger partial charge >= 0.3 is 0 Å². The van der Waals surface area contributed by atoms with Crippen LogP contribution in [-0.4, -0.2) is 19.6 Å². The second kappa shape index (κ2) is 13.6. The van der Waals surface area contributed by atoms with Gasteiger partial charge in [0.05, 0.1) is 16.6 Å². The Morgan fingerprint density at radius 2 is 1.16 bits per heavy atom. The van der Waals surface area contributed by atoms with Crippen molar-refractivity contribution in [2.75, 3.05) is 0 Å². The molecule has 0 spiro atoms. The summed E-state index contributed by atoms with van der Waals surface area (Å²) in [6, 6.07) is 46.8. The number of imidazole rings is 1. The van der Waals surface area contributed by atoms with E-state index in [0.29, 0.717) is 0 Å². The van der Waals surface area contributed by atoms with Crippen molar-refractivity contribution in [2.24, 2.45) is 0 Å². The summed E-state index contributed by atoms with van der Waals surface area (Å²) in [7, 11) is 0. The highest BCUT2D eigenvalue weighted by atomic mass is 16.3. The van der Waals surface area contributed by atoms with Crippen LogP contribution in [0.5, 0.6) is 5.75 Å². The molecule has 4 heteroatoms. The number of aromatic nitrogens is 3. The zero-order valence-corrected chi connectivity index (χ0v) is 34.1. The van der Waals surface area contributed by atoms with Crippen LogP contribution in [0.25, 0.3) is 72.4 Å². The molecule has 280 valence electrons. The molecule has 0 aliphatic rings. The smallest absolute Gasteiger partial charge is 0.145 e. The second-order valence-corrected chi connectivity index (χ2v) is 18.2. The van der Waals surface area contributed by atoms with Crippen LogP contribution in [0.3, 0.4) is 0 Å². The Hall–Kier alpha value is -6.00. The molecule has 6 aromatic carbocycles. The van der Waals surface area contributed by atoms with E-state index >= 15 is 0 Å². The van der Waals surface area contributed by atoms with Crippen LogP contribution in [0.15, 0.2) is 140 Å². The number of aromatic hydroxyl groups is 1. The van der Waals surface area contributed by atoms with Gasteiger partial charge in [-0.15, -0.1) is 0 Å². The Morgan fingerprint density at radius 3 is 1.86 bits per heavy atom. The van der Waals surface area contributed by atoms with E-state index in [2.05, 4.69) is 170 Å². The molecule has 0 aliphatic carbocycles. The molecule has 2 heterocycles. The van der Waals surface area contributed by atoms with Gasteiger partial charge in [-0.3, -0.25) is 9.55 Å². The van der Waals surface area contributed by atoms with Crippen molar-refractivity contribution in [1.82, 2.24) is 14.5 Å². The van der Waals surface area contributed by atoms with Gasteiger partial charge in [-0.1, -0.05) is 141 Å². The minimum atomic E-state index is -0.0570. The van der Waals surface area contributed by atoms with E-state index < -0.39 is 0 Å². The maximum absolute atomic E-state index is 11.4. The number of pyridine rings is 1. The zero-order chi connectivity index (χ0) is 39.6. The van der Waals surface area contributed by atoms with Gasteiger partial charge in [0.15, 0.2) is 0 Å². The van der Waals surface area contributed by atoms with E-state index in [1.807, 2.05) is 30.5 Å². The molecule has 0 bridgehead atoms. The summed E-state index contributed by atoms with van der Waals surface area (Å²) in [5.41, 5.74) is 14.5. The number of para-hydroxylation sites is 1. The number of hydrogen-bond acceptors (Lipinski definition) is 3. The van der Waals surface area contributed by atoms with Crippen molar-refractivity contribution in [1.29, 1.82) is 0 Å². The molecule has 0 saturated carbocycles. The fourth-order valence-electron chi connectivity index (χ4n) is 7.83. The summed E-state index contributed by atoms with van der Waals surface area (Å²) >= 11 is 0. The lowest BCUT2D eigenvalue weighted by molar-refractivity contribution is 0.477. The van der Waals surface area contributed by atoms with Gasteiger partial charge in [0, 0.05) is 39.5 Å². The van der Waals surface area contributed by atoms with Crippen LogP contribution in [0.1, 0.15) is 79.0 Å². The van der Waals surface area contributed by atoms with Gasteiger partial charge in [0.1, 0.15) is 11.6 Å². The molecule has 56 heavy (non-hydrogen) atoms. The van der Waals surface area contributed by atoms with Crippen molar-refractivity contribution in [2.45, 2.75) is 78.6 Å². The van der Waals surface area contributed by atoms with Crippen LogP contribution in [0.2, 0.25) is 0 Å². The highest BCUT2D eigenvalue weighted by Crippen LogP contribution is 2.42. The predicted octanol–water partition coefficient (Wildman–Crippen LogP) is 13.8. The third kappa shape index (κ3) is 6.79. The van der Waals surface area contributed by atoms with Crippen LogP contribution < -0.4 is 0 Å². The van der Waals surface area contributed by atoms with Crippen LogP contribution >= 0.6 is 0 Å². The van der Waals surface area contributed by atoms with Crippen LogP contribution in [-0.2, 0) is 16.2 Å². The molecule has 4 nitrogen and oxygen atoms in total. The number of nitrogens with zero attached hydrogens (tertiary/aromatic N) is 3. The zero-order valence-electron chi connectivity index (χ0n) is 34.1. The molecule has 2 aromatic heterocycles. The van der Waals surface area contributed by atoms with E-state index in [4.69, 9.17) is 9.97 Å². The minimum absolute atomic E-state index is 0.0203. The lowest BCUT2D eigenvalue weighted by Gasteiger charge is -2.25. The number of rotatable bonds is 5. The normalized spacial score (nSPS) is 12.4. The molecular formula is C52H51N3O. The van der Waals surface area contributed by atoms with E-state index in [0.717, 1.165) is 67.0 Å². The fourth-order valence-corrected chi connectivity index (χ4v) is 7.83. The monoisotopic (exact) mass is 733 g/mol. The first-order valence-electron chi connectivity index (χ1n) is 19.6. The van der Waals surface area contributed by atoms with Gasteiger partial charge in [-0.25, -0.2) is 4.98 Å². The molecule has 0 saturated heterocycles. The van der Waals surface area contributed by atoms with Crippen LogP contribution in [0.4, 0.5) is 0 Å². The largest absolute Gasteiger partial charge is 0.507 e. The number of phenols is 1. The maximum Gasteiger partial charge on any atom is 0.145 e. The van der Waals surface area contributed by atoms with E-state index in [-0.39, 0.29) is 22.0 Å². The first-order valence-corrected chi connectivity index (χ1v) is 19.6. The molecule has 0 fully saturated rings. The number of benzene rings is 6. The van der Waals surface area contributed by atoms with Crippen molar-refractivity contribution >= 4 is 21.9 Å². The first-order chi connectivity index (χ1) is 26.6. The van der Waals surface area contributed by atoms with Crippen molar-refractivity contribution < 1.29 is 5.11 Å². The molecule has 0 radical (unpaired) electrons. The molecule has 0 aliphatic heterocycles. The molecule has 0 unspecified atom stereocenters. The number of hydrogen-bond donors (Lipinski definition) is 1. The average Bonchev–Trinajstić information content (AvgIpc) is 3.57. The topological polar surface area (TPSA) is 50.9 Å². The summed E-state index contributed by atoms with van der Waals surface area (Å²) < 4.78 is 2.27. The lowest BCUT2D eigenvalue weighted by Crippen LogP contribution is -2.15. The van der Waals surface area contributed by atoms with Gasteiger partial charge in [0.2, 0.25) is 0 Å².